The number of carbonyl (C=O) groups is 2. The Morgan fingerprint density at radius 3 is 2.08 bits per heavy atom. The second-order valence-electron chi connectivity index (χ2n) is 7.91. The van der Waals surface area contributed by atoms with Crippen LogP contribution in [0, 0.1) is 0 Å². The number of nitrogens with zero attached hydrogens (tertiary/aromatic N) is 3. The summed E-state index contributed by atoms with van der Waals surface area (Å²) < 4.78 is 0. The minimum atomic E-state index is -1.17. The summed E-state index contributed by atoms with van der Waals surface area (Å²) in [6.45, 7) is 0. The topological polar surface area (TPSA) is 95.4 Å². The molecule has 1 heterocycles. The van der Waals surface area contributed by atoms with Gasteiger partial charge in [0.1, 0.15) is 6.04 Å². The first-order valence-corrected chi connectivity index (χ1v) is 12.1. The number of hydrogen-bond acceptors (Lipinski definition) is 5. The zero-order valence-corrected chi connectivity index (χ0v) is 21.0. The molecule has 0 aliphatic heterocycles. The number of para-hydroxylation sites is 1. The molecule has 1 amide bonds. The fraction of sp³-hybridized carbons (Fsp3) is 0.0714. The predicted molar refractivity (Wildman–Crippen MR) is 153 cm³/mol. The van der Waals surface area contributed by atoms with Crippen molar-refractivity contribution in [2.24, 2.45) is 0 Å². The van der Waals surface area contributed by atoms with Gasteiger partial charge in [0.05, 0.1) is 15.6 Å². The van der Waals surface area contributed by atoms with E-state index in [4.69, 9.17) is 23.2 Å². The molecule has 0 radical (unpaired) electrons. The van der Waals surface area contributed by atoms with Crippen molar-refractivity contribution >= 4 is 88.0 Å². The van der Waals surface area contributed by atoms with Crippen molar-refractivity contribution in [1.82, 2.24) is 15.3 Å². The van der Waals surface area contributed by atoms with Gasteiger partial charge in [-0.2, -0.15) is 0 Å². The van der Waals surface area contributed by atoms with E-state index >= 15 is 0 Å². The second kappa shape index (κ2) is 14.1. The van der Waals surface area contributed by atoms with E-state index in [2.05, 4.69) is 15.3 Å². The SMILES string of the molecule is O=C(NC(C/C=C/c1ccc(N(c2ccccc2)c2ncccn2)cc1)C(=O)O)c1c(Cl)cccc1Cl.[NaH]. The number of nitrogens with one attached hydrogen (secondary N) is 1. The number of amides is 1. The molecule has 4 rings (SSSR count). The molecular formula is C28H23Cl2N4NaO3. The Bertz CT molecular complexity index is 1350. The molecule has 1 unspecified atom stereocenters. The van der Waals surface area contributed by atoms with E-state index in [1.54, 1.807) is 36.7 Å². The number of halogens is 2. The molecule has 0 saturated carbocycles. The summed E-state index contributed by atoms with van der Waals surface area (Å²) in [5.41, 5.74) is 2.68. The number of anilines is 3. The third-order valence-corrected chi connectivity index (χ3v) is 6.02. The Kier molecular flexibility index (Phi) is 10.9. The molecule has 0 saturated heterocycles. The van der Waals surface area contributed by atoms with E-state index in [0.717, 1.165) is 16.9 Å². The Hall–Kier alpha value is -3.20. The molecule has 2 N–H and O–H groups in total. The number of carboxylic acid groups (broad SMARTS) is 1. The van der Waals surface area contributed by atoms with Gasteiger partial charge in [-0.3, -0.25) is 9.69 Å². The molecule has 38 heavy (non-hydrogen) atoms. The number of hydrogen-bond donors (Lipinski definition) is 2. The molecule has 4 aromatic rings. The average Bonchev–Trinajstić information content (AvgIpc) is 2.90. The van der Waals surface area contributed by atoms with Crippen LogP contribution in [0.3, 0.4) is 0 Å². The maximum absolute atomic E-state index is 12.6. The average molecular weight is 557 g/mol. The molecule has 0 aliphatic rings. The number of carboxylic acids is 1. The summed E-state index contributed by atoms with van der Waals surface area (Å²) in [5.74, 6) is -1.28. The maximum atomic E-state index is 12.6. The number of aromatic nitrogens is 2. The van der Waals surface area contributed by atoms with Crippen LogP contribution in [0.2, 0.25) is 10.0 Å². The van der Waals surface area contributed by atoms with Gasteiger partial charge in [0.25, 0.3) is 5.91 Å². The van der Waals surface area contributed by atoms with Gasteiger partial charge in [0, 0.05) is 23.8 Å². The Morgan fingerprint density at radius 1 is 0.868 bits per heavy atom. The van der Waals surface area contributed by atoms with Gasteiger partial charge in [-0.15, -0.1) is 0 Å². The summed E-state index contributed by atoms with van der Waals surface area (Å²) in [4.78, 5) is 35.0. The molecule has 3 aromatic carbocycles. The first-order chi connectivity index (χ1) is 17.9. The monoisotopic (exact) mass is 556 g/mol. The van der Waals surface area contributed by atoms with E-state index < -0.39 is 17.9 Å². The molecule has 188 valence electrons. The van der Waals surface area contributed by atoms with Gasteiger partial charge < -0.3 is 10.4 Å². The van der Waals surface area contributed by atoms with Gasteiger partial charge in [-0.05, 0) is 54.4 Å². The van der Waals surface area contributed by atoms with E-state index in [9.17, 15) is 14.7 Å². The summed E-state index contributed by atoms with van der Waals surface area (Å²) >= 11 is 12.1. The van der Waals surface area contributed by atoms with E-state index in [1.807, 2.05) is 59.5 Å². The van der Waals surface area contributed by atoms with Crippen molar-refractivity contribution in [3.05, 3.63) is 119 Å². The number of carbonyl (C=O) groups excluding carboxylic acids is 1. The molecule has 0 fully saturated rings. The van der Waals surface area contributed by atoms with Crippen LogP contribution < -0.4 is 10.2 Å². The van der Waals surface area contributed by atoms with Crippen LogP contribution in [0.15, 0.2) is 97.3 Å². The van der Waals surface area contributed by atoms with Crippen LogP contribution in [-0.2, 0) is 4.79 Å². The molecule has 0 spiro atoms. The quantitative estimate of drug-likeness (QED) is 0.249. The fourth-order valence-electron chi connectivity index (χ4n) is 3.61. The molecular weight excluding hydrogens is 534 g/mol. The van der Waals surface area contributed by atoms with Crippen LogP contribution in [0.1, 0.15) is 22.3 Å². The van der Waals surface area contributed by atoms with Gasteiger partial charge in [0.15, 0.2) is 0 Å². The normalized spacial score (nSPS) is 11.4. The minimum absolute atomic E-state index is 0. The first kappa shape index (κ1) is 29.4. The zero-order valence-electron chi connectivity index (χ0n) is 19.5. The molecule has 0 bridgehead atoms. The van der Waals surface area contributed by atoms with E-state index in [1.165, 1.54) is 12.1 Å². The Balaban J connectivity index is 0.00000400. The van der Waals surface area contributed by atoms with Crippen molar-refractivity contribution in [3.8, 4) is 0 Å². The van der Waals surface area contributed by atoms with Crippen LogP contribution >= 0.6 is 23.2 Å². The first-order valence-electron chi connectivity index (χ1n) is 11.3. The summed E-state index contributed by atoms with van der Waals surface area (Å²) in [7, 11) is 0. The van der Waals surface area contributed by atoms with Crippen LogP contribution in [0.4, 0.5) is 17.3 Å². The summed E-state index contributed by atoms with van der Waals surface area (Å²) in [5, 5.41) is 12.4. The van der Waals surface area contributed by atoms with Gasteiger partial charge in [-0.1, -0.05) is 71.8 Å². The van der Waals surface area contributed by atoms with Crippen LogP contribution in [0.5, 0.6) is 0 Å². The van der Waals surface area contributed by atoms with Crippen molar-refractivity contribution in [1.29, 1.82) is 0 Å². The van der Waals surface area contributed by atoms with E-state index in [-0.39, 0.29) is 51.6 Å². The van der Waals surface area contributed by atoms with Gasteiger partial charge in [-0.25, -0.2) is 14.8 Å². The molecule has 1 atom stereocenters. The molecule has 7 nitrogen and oxygen atoms in total. The third-order valence-electron chi connectivity index (χ3n) is 5.39. The van der Waals surface area contributed by atoms with Crippen LogP contribution in [-0.4, -0.2) is 62.6 Å². The standard InChI is InChI=1S/C28H22Cl2N4O3.Na.H/c29-22-10-5-11-23(30)25(22)26(35)33-24(27(36)37)12-4-7-19-13-15-21(16-14-19)34(20-8-2-1-3-9-20)28-31-17-6-18-32-28;;/h1-11,13-18,24H,12H2,(H,33,35)(H,36,37);;/b7-4+;;. The van der Waals surface area contributed by atoms with Crippen LogP contribution in [0.25, 0.3) is 6.08 Å². The van der Waals surface area contributed by atoms with Crippen molar-refractivity contribution in [2.75, 3.05) is 4.90 Å². The molecule has 1 aromatic heterocycles. The van der Waals surface area contributed by atoms with Crippen molar-refractivity contribution in [3.63, 3.8) is 0 Å². The van der Waals surface area contributed by atoms with Gasteiger partial charge >= 0.3 is 35.5 Å². The summed E-state index contributed by atoms with van der Waals surface area (Å²) in [6.07, 6.45) is 6.93. The Labute approximate surface area is 252 Å². The number of rotatable bonds is 9. The second-order valence-corrected chi connectivity index (χ2v) is 8.72. The Morgan fingerprint density at radius 2 is 1.47 bits per heavy atom. The zero-order chi connectivity index (χ0) is 26.2. The number of aliphatic carboxylic acids is 1. The van der Waals surface area contributed by atoms with Crippen molar-refractivity contribution < 1.29 is 14.7 Å². The van der Waals surface area contributed by atoms with E-state index in [0.29, 0.717) is 5.95 Å². The predicted octanol–water partition coefficient (Wildman–Crippen LogP) is 5.89. The van der Waals surface area contributed by atoms with Gasteiger partial charge in [0.2, 0.25) is 5.95 Å². The third kappa shape index (κ3) is 7.43. The molecule has 0 aliphatic carbocycles. The number of benzene rings is 3. The van der Waals surface area contributed by atoms with Crippen molar-refractivity contribution in [2.45, 2.75) is 12.5 Å². The summed E-state index contributed by atoms with van der Waals surface area (Å²) in [6, 6.07) is 22.7. The fourth-order valence-corrected chi connectivity index (χ4v) is 4.17. The molecule has 10 heteroatoms.